The zero-order chi connectivity index (χ0) is 11.9. The lowest BCUT2D eigenvalue weighted by molar-refractivity contribution is -0.104. The van der Waals surface area contributed by atoms with Crippen molar-refractivity contribution in [3.05, 3.63) is 48.0 Å². The zero-order valence-electron chi connectivity index (χ0n) is 10.1. The highest BCUT2D eigenvalue weighted by molar-refractivity contribution is 5.64. The molecule has 17 heavy (non-hydrogen) atoms. The lowest BCUT2D eigenvalue weighted by atomic mass is 9.96. The van der Waals surface area contributed by atoms with Gasteiger partial charge in [-0.05, 0) is 43.5 Å². The van der Waals surface area contributed by atoms with E-state index >= 15 is 0 Å². The minimum atomic E-state index is 0.590. The molecule has 0 amide bonds. The zero-order valence-corrected chi connectivity index (χ0v) is 10.1. The number of hydrogen-bond donors (Lipinski definition) is 0. The van der Waals surface area contributed by atoms with Crippen molar-refractivity contribution in [2.24, 2.45) is 5.92 Å². The Hall–Kier alpha value is -1.41. The third kappa shape index (κ3) is 3.82. The second-order valence-corrected chi connectivity index (χ2v) is 4.62. The van der Waals surface area contributed by atoms with E-state index in [0.29, 0.717) is 5.92 Å². The van der Waals surface area contributed by atoms with Crippen molar-refractivity contribution in [2.45, 2.75) is 19.4 Å². The summed E-state index contributed by atoms with van der Waals surface area (Å²) in [5, 5.41) is 0. The second-order valence-electron chi connectivity index (χ2n) is 4.62. The van der Waals surface area contributed by atoms with Gasteiger partial charge in [0.2, 0.25) is 0 Å². The van der Waals surface area contributed by atoms with Gasteiger partial charge in [-0.15, -0.1) is 0 Å². The van der Waals surface area contributed by atoms with Crippen LogP contribution in [0.4, 0.5) is 0 Å². The molecule has 1 fully saturated rings. The van der Waals surface area contributed by atoms with Gasteiger partial charge < -0.3 is 0 Å². The Bertz CT molecular complexity index is 364. The third-order valence-electron chi connectivity index (χ3n) is 3.34. The summed E-state index contributed by atoms with van der Waals surface area (Å²) >= 11 is 0. The van der Waals surface area contributed by atoms with Gasteiger partial charge in [0.1, 0.15) is 6.29 Å². The molecule has 1 aromatic rings. The predicted octanol–water partition coefficient (Wildman–Crippen LogP) is 2.65. The van der Waals surface area contributed by atoms with E-state index in [2.05, 4.69) is 35.2 Å². The monoisotopic (exact) mass is 229 g/mol. The molecule has 0 unspecified atom stereocenters. The maximum atomic E-state index is 10.3. The van der Waals surface area contributed by atoms with Gasteiger partial charge in [0.15, 0.2) is 0 Å². The van der Waals surface area contributed by atoms with E-state index in [1.54, 1.807) is 6.08 Å². The van der Waals surface area contributed by atoms with Crippen LogP contribution in [0.25, 0.3) is 0 Å². The van der Waals surface area contributed by atoms with Gasteiger partial charge in [0, 0.05) is 6.54 Å². The highest BCUT2D eigenvalue weighted by Gasteiger charge is 2.16. The van der Waals surface area contributed by atoms with Gasteiger partial charge in [0.05, 0.1) is 0 Å². The van der Waals surface area contributed by atoms with E-state index in [0.717, 1.165) is 38.8 Å². The minimum Gasteiger partial charge on any atom is -0.299 e. The van der Waals surface area contributed by atoms with Gasteiger partial charge >= 0.3 is 0 Å². The molecule has 0 radical (unpaired) electrons. The molecule has 0 saturated carbocycles. The average Bonchev–Trinajstić information content (AvgIpc) is 2.39. The molecule has 0 aliphatic carbocycles. The average molecular weight is 229 g/mol. The molecule has 90 valence electrons. The Morgan fingerprint density at radius 1 is 1.18 bits per heavy atom. The standard InChI is InChI=1S/C15H19NO/c17-12-4-7-14-8-10-16(11-9-14)13-15-5-2-1-3-6-15/h1-7,12,14H,8-11,13H2. The van der Waals surface area contributed by atoms with E-state index in [-0.39, 0.29) is 0 Å². The van der Waals surface area contributed by atoms with Gasteiger partial charge in [-0.3, -0.25) is 9.69 Å². The normalized spacial score (nSPS) is 18.6. The minimum absolute atomic E-state index is 0.590. The topological polar surface area (TPSA) is 20.3 Å². The first-order chi connectivity index (χ1) is 8.38. The largest absolute Gasteiger partial charge is 0.299 e. The molecule has 1 aliphatic rings. The van der Waals surface area contributed by atoms with Crippen LogP contribution in [0.3, 0.4) is 0 Å². The maximum absolute atomic E-state index is 10.3. The van der Waals surface area contributed by atoms with Gasteiger partial charge in [-0.2, -0.15) is 0 Å². The lowest BCUT2D eigenvalue weighted by Gasteiger charge is -2.30. The fourth-order valence-electron chi connectivity index (χ4n) is 2.35. The number of benzene rings is 1. The number of rotatable bonds is 4. The summed E-state index contributed by atoms with van der Waals surface area (Å²) in [6.07, 6.45) is 6.88. The first kappa shape index (κ1) is 12.1. The Balaban J connectivity index is 1.79. The summed E-state index contributed by atoms with van der Waals surface area (Å²) in [6.45, 7) is 3.30. The molecule has 0 atom stereocenters. The predicted molar refractivity (Wildman–Crippen MR) is 69.6 cm³/mol. The molecule has 0 spiro atoms. The van der Waals surface area contributed by atoms with Crippen molar-refractivity contribution in [1.29, 1.82) is 0 Å². The molecule has 1 aromatic carbocycles. The van der Waals surface area contributed by atoms with Crippen molar-refractivity contribution in [2.75, 3.05) is 13.1 Å². The Morgan fingerprint density at radius 2 is 1.88 bits per heavy atom. The Kier molecular flexibility index (Phi) is 4.51. The molecule has 1 heterocycles. The van der Waals surface area contributed by atoms with Crippen molar-refractivity contribution in [3.63, 3.8) is 0 Å². The Labute approximate surface area is 103 Å². The fourth-order valence-corrected chi connectivity index (χ4v) is 2.35. The SMILES string of the molecule is O=CC=CC1CCN(Cc2ccccc2)CC1. The maximum Gasteiger partial charge on any atom is 0.142 e. The van der Waals surface area contributed by atoms with E-state index in [4.69, 9.17) is 0 Å². The van der Waals surface area contributed by atoms with E-state index in [1.165, 1.54) is 5.56 Å². The van der Waals surface area contributed by atoms with Crippen molar-refractivity contribution in [1.82, 2.24) is 4.90 Å². The smallest absolute Gasteiger partial charge is 0.142 e. The molecular weight excluding hydrogens is 210 g/mol. The fraction of sp³-hybridized carbons (Fsp3) is 0.400. The van der Waals surface area contributed by atoms with Gasteiger partial charge in [-0.1, -0.05) is 36.4 Å². The first-order valence-electron chi connectivity index (χ1n) is 6.27. The number of piperidine rings is 1. The van der Waals surface area contributed by atoms with Crippen LogP contribution in [-0.4, -0.2) is 24.3 Å². The van der Waals surface area contributed by atoms with Crippen LogP contribution in [0.15, 0.2) is 42.5 Å². The second kappa shape index (κ2) is 6.36. The van der Waals surface area contributed by atoms with Crippen LogP contribution < -0.4 is 0 Å². The van der Waals surface area contributed by atoms with E-state index in [9.17, 15) is 4.79 Å². The quantitative estimate of drug-likeness (QED) is 0.584. The van der Waals surface area contributed by atoms with Crippen LogP contribution >= 0.6 is 0 Å². The van der Waals surface area contributed by atoms with Gasteiger partial charge in [-0.25, -0.2) is 0 Å². The van der Waals surface area contributed by atoms with Gasteiger partial charge in [0.25, 0.3) is 0 Å². The highest BCUT2D eigenvalue weighted by atomic mass is 16.1. The summed E-state index contributed by atoms with van der Waals surface area (Å²) in [5.74, 6) is 0.590. The van der Waals surface area contributed by atoms with Crippen molar-refractivity contribution in [3.8, 4) is 0 Å². The van der Waals surface area contributed by atoms with E-state index in [1.807, 2.05) is 6.08 Å². The highest BCUT2D eigenvalue weighted by Crippen LogP contribution is 2.19. The van der Waals surface area contributed by atoms with Crippen LogP contribution in [0.2, 0.25) is 0 Å². The molecule has 0 bridgehead atoms. The number of nitrogens with zero attached hydrogens (tertiary/aromatic N) is 1. The summed E-state index contributed by atoms with van der Waals surface area (Å²) in [7, 11) is 0. The molecule has 0 aromatic heterocycles. The van der Waals surface area contributed by atoms with Crippen molar-refractivity contribution < 1.29 is 4.79 Å². The summed E-state index contributed by atoms with van der Waals surface area (Å²) in [5.41, 5.74) is 1.38. The number of carbonyl (C=O) groups is 1. The molecule has 2 heteroatoms. The number of likely N-dealkylation sites (tertiary alicyclic amines) is 1. The molecular formula is C15H19NO. The molecule has 0 N–H and O–H groups in total. The third-order valence-corrected chi connectivity index (χ3v) is 3.34. The number of carbonyl (C=O) groups excluding carboxylic acids is 1. The summed E-state index contributed by atoms with van der Waals surface area (Å²) in [4.78, 5) is 12.7. The summed E-state index contributed by atoms with van der Waals surface area (Å²) < 4.78 is 0. The molecule has 2 rings (SSSR count). The first-order valence-corrected chi connectivity index (χ1v) is 6.27. The number of allylic oxidation sites excluding steroid dienone is 2. The van der Waals surface area contributed by atoms with Crippen LogP contribution in [0.5, 0.6) is 0 Å². The Morgan fingerprint density at radius 3 is 2.53 bits per heavy atom. The summed E-state index contributed by atoms with van der Waals surface area (Å²) in [6, 6.07) is 10.6. The van der Waals surface area contributed by atoms with Crippen LogP contribution in [-0.2, 0) is 11.3 Å². The molecule has 2 nitrogen and oxygen atoms in total. The van der Waals surface area contributed by atoms with E-state index < -0.39 is 0 Å². The number of hydrogen-bond acceptors (Lipinski definition) is 2. The van der Waals surface area contributed by atoms with Crippen LogP contribution in [0, 0.1) is 5.92 Å². The lowest BCUT2D eigenvalue weighted by Crippen LogP contribution is -2.32. The van der Waals surface area contributed by atoms with Crippen molar-refractivity contribution >= 4 is 6.29 Å². The number of aldehydes is 1. The molecule has 1 aliphatic heterocycles. The van der Waals surface area contributed by atoms with Crippen LogP contribution in [0.1, 0.15) is 18.4 Å². The molecule has 1 saturated heterocycles.